The highest BCUT2D eigenvalue weighted by atomic mass is 16.4. The van der Waals surface area contributed by atoms with E-state index in [2.05, 4.69) is 5.32 Å². The van der Waals surface area contributed by atoms with E-state index in [0.29, 0.717) is 12.3 Å². The van der Waals surface area contributed by atoms with Crippen molar-refractivity contribution in [1.82, 2.24) is 5.32 Å². The van der Waals surface area contributed by atoms with Crippen LogP contribution in [0.4, 0.5) is 0 Å². The summed E-state index contributed by atoms with van der Waals surface area (Å²) in [5.74, 6) is -0.695. The lowest BCUT2D eigenvalue weighted by molar-refractivity contribution is -0.141. The predicted molar refractivity (Wildman–Crippen MR) is 78.0 cm³/mol. The van der Waals surface area contributed by atoms with E-state index in [0.717, 1.165) is 31.2 Å². The first-order chi connectivity index (χ1) is 10.0. The van der Waals surface area contributed by atoms with Gasteiger partial charge in [0.1, 0.15) is 11.8 Å². The standard InChI is InChI=1S/C16H21NO4/c18-13-7-5-12(6-8-13)9-14(16(20)21)17-15(19)10-11-3-1-2-4-11/h5-8,11,14,18H,1-4,9-10H2,(H,17,19)(H,20,21)/t14-/m1/s1. The smallest absolute Gasteiger partial charge is 0.326 e. The van der Waals surface area contributed by atoms with Crippen LogP contribution in [-0.4, -0.2) is 28.1 Å². The van der Waals surface area contributed by atoms with Crippen LogP contribution in [0.15, 0.2) is 24.3 Å². The number of rotatable bonds is 6. The van der Waals surface area contributed by atoms with Crippen LogP contribution < -0.4 is 5.32 Å². The monoisotopic (exact) mass is 291 g/mol. The zero-order chi connectivity index (χ0) is 15.2. The van der Waals surface area contributed by atoms with Crippen LogP contribution in [0.25, 0.3) is 0 Å². The fourth-order valence-corrected chi connectivity index (χ4v) is 2.80. The molecule has 114 valence electrons. The van der Waals surface area contributed by atoms with Crippen molar-refractivity contribution in [3.63, 3.8) is 0 Å². The minimum Gasteiger partial charge on any atom is -0.508 e. The normalized spacial score (nSPS) is 16.6. The number of benzene rings is 1. The Morgan fingerprint density at radius 3 is 2.38 bits per heavy atom. The Kier molecular flexibility index (Phi) is 5.20. The predicted octanol–water partition coefficient (Wildman–Crippen LogP) is 2.08. The quantitative estimate of drug-likeness (QED) is 0.749. The third-order valence-corrected chi connectivity index (χ3v) is 3.96. The number of carboxylic acid groups (broad SMARTS) is 1. The van der Waals surface area contributed by atoms with Crippen LogP contribution in [0.5, 0.6) is 5.75 Å². The first kappa shape index (κ1) is 15.4. The molecule has 1 aliphatic rings. The molecule has 0 bridgehead atoms. The lowest BCUT2D eigenvalue weighted by Crippen LogP contribution is -2.42. The maximum atomic E-state index is 11.9. The molecule has 0 aromatic heterocycles. The summed E-state index contributed by atoms with van der Waals surface area (Å²) in [6.45, 7) is 0. The molecule has 1 fully saturated rings. The summed E-state index contributed by atoms with van der Waals surface area (Å²) in [4.78, 5) is 23.2. The lowest BCUT2D eigenvalue weighted by atomic mass is 10.0. The molecule has 1 aliphatic carbocycles. The van der Waals surface area contributed by atoms with Gasteiger partial charge in [-0.25, -0.2) is 4.79 Å². The first-order valence-corrected chi connectivity index (χ1v) is 7.34. The van der Waals surface area contributed by atoms with Gasteiger partial charge in [-0.1, -0.05) is 25.0 Å². The molecule has 0 unspecified atom stereocenters. The van der Waals surface area contributed by atoms with Crippen molar-refractivity contribution in [2.45, 2.75) is 44.6 Å². The van der Waals surface area contributed by atoms with Crippen LogP contribution in [-0.2, 0) is 16.0 Å². The molecule has 2 rings (SSSR count). The molecule has 1 atom stereocenters. The van der Waals surface area contributed by atoms with Crippen LogP contribution in [0.1, 0.15) is 37.7 Å². The number of hydrogen-bond donors (Lipinski definition) is 3. The van der Waals surface area contributed by atoms with Gasteiger partial charge in [-0.2, -0.15) is 0 Å². The van der Waals surface area contributed by atoms with E-state index in [1.54, 1.807) is 12.1 Å². The summed E-state index contributed by atoms with van der Waals surface area (Å²) in [5, 5.41) is 21.1. The van der Waals surface area contributed by atoms with Crippen LogP contribution >= 0.6 is 0 Å². The fraction of sp³-hybridized carbons (Fsp3) is 0.500. The fourth-order valence-electron chi connectivity index (χ4n) is 2.80. The highest BCUT2D eigenvalue weighted by Gasteiger charge is 2.23. The molecule has 1 aromatic carbocycles. The van der Waals surface area contributed by atoms with Crippen molar-refractivity contribution in [1.29, 1.82) is 0 Å². The molecule has 0 heterocycles. The van der Waals surface area contributed by atoms with Gasteiger partial charge in [-0.3, -0.25) is 4.79 Å². The van der Waals surface area contributed by atoms with Gasteiger partial charge < -0.3 is 15.5 Å². The lowest BCUT2D eigenvalue weighted by Gasteiger charge is -2.16. The van der Waals surface area contributed by atoms with E-state index in [1.807, 2.05) is 0 Å². The third kappa shape index (κ3) is 4.77. The number of carbonyl (C=O) groups is 2. The molecule has 5 nitrogen and oxygen atoms in total. The van der Waals surface area contributed by atoms with Crippen LogP contribution in [0.3, 0.4) is 0 Å². The van der Waals surface area contributed by atoms with Gasteiger partial charge in [0.05, 0.1) is 0 Å². The Bertz CT molecular complexity index is 492. The average molecular weight is 291 g/mol. The molecule has 5 heteroatoms. The molecule has 1 amide bonds. The van der Waals surface area contributed by atoms with Gasteiger partial charge in [0.25, 0.3) is 0 Å². The maximum Gasteiger partial charge on any atom is 0.326 e. The average Bonchev–Trinajstić information content (AvgIpc) is 2.93. The minimum absolute atomic E-state index is 0.135. The van der Waals surface area contributed by atoms with Crippen molar-refractivity contribution >= 4 is 11.9 Å². The van der Waals surface area contributed by atoms with E-state index < -0.39 is 12.0 Å². The molecular weight excluding hydrogens is 270 g/mol. The van der Waals surface area contributed by atoms with Crippen molar-refractivity contribution in [2.75, 3.05) is 0 Å². The van der Waals surface area contributed by atoms with Gasteiger partial charge in [-0.15, -0.1) is 0 Å². The largest absolute Gasteiger partial charge is 0.508 e. The van der Waals surface area contributed by atoms with Crippen molar-refractivity contribution in [3.05, 3.63) is 29.8 Å². The summed E-state index contributed by atoms with van der Waals surface area (Å²) in [5.41, 5.74) is 0.765. The van der Waals surface area contributed by atoms with Gasteiger partial charge in [0, 0.05) is 12.8 Å². The van der Waals surface area contributed by atoms with Crippen molar-refractivity contribution < 1.29 is 19.8 Å². The Hall–Kier alpha value is -2.04. The van der Waals surface area contributed by atoms with Crippen LogP contribution in [0, 0.1) is 5.92 Å². The second-order valence-corrected chi connectivity index (χ2v) is 5.68. The Balaban J connectivity index is 1.90. The number of nitrogens with one attached hydrogen (secondary N) is 1. The topological polar surface area (TPSA) is 86.6 Å². The number of aromatic hydroxyl groups is 1. The van der Waals surface area contributed by atoms with Crippen LogP contribution in [0.2, 0.25) is 0 Å². The molecule has 3 N–H and O–H groups in total. The molecule has 1 aromatic rings. The Morgan fingerprint density at radius 1 is 1.19 bits per heavy atom. The zero-order valence-corrected chi connectivity index (χ0v) is 11.9. The van der Waals surface area contributed by atoms with Gasteiger partial charge in [-0.05, 0) is 36.5 Å². The first-order valence-electron chi connectivity index (χ1n) is 7.34. The zero-order valence-electron chi connectivity index (χ0n) is 11.9. The third-order valence-electron chi connectivity index (χ3n) is 3.96. The van der Waals surface area contributed by atoms with Crippen molar-refractivity contribution in [2.24, 2.45) is 5.92 Å². The van der Waals surface area contributed by atoms with E-state index in [-0.39, 0.29) is 18.1 Å². The number of aliphatic carboxylic acids is 1. The number of hydrogen-bond acceptors (Lipinski definition) is 3. The maximum absolute atomic E-state index is 11.9. The summed E-state index contributed by atoms with van der Waals surface area (Å²) in [6.07, 6.45) is 5.07. The second-order valence-electron chi connectivity index (χ2n) is 5.68. The highest BCUT2D eigenvalue weighted by Crippen LogP contribution is 2.27. The summed E-state index contributed by atoms with van der Waals surface area (Å²) < 4.78 is 0. The Labute approximate surface area is 124 Å². The SMILES string of the molecule is O=C(CC1CCCC1)N[C@H](Cc1ccc(O)cc1)C(=O)O. The molecule has 21 heavy (non-hydrogen) atoms. The van der Waals surface area contributed by atoms with E-state index >= 15 is 0 Å². The summed E-state index contributed by atoms with van der Waals surface area (Å²) in [7, 11) is 0. The molecule has 0 radical (unpaired) electrons. The molecule has 0 aliphatic heterocycles. The molecular formula is C16H21NO4. The highest BCUT2D eigenvalue weighted by molar-refractivity contribution is 5.83. The summed E-state index contributed by atoms with van der Waals surface area (Å²) in [6, 6.07) is 5.41. The van der Waals surface area contributed by atoms with E-state index in [9.17, 15) is 19.8 Å². The number of phenolic OH excluding ortho intramolecular Hbond substituents is 1. The number of carboxylic acids is 1. The van der Waals surface area contributed by atoms with E-state index in [4.69, 9.17) is 0 Å². The van der Waals surface area contributed by atoms with Gasteiger partial charge >= 0.3 is 5.97 Å². The van der Waals surface area contributed by atoms with Crippen molar-refractivity contribution in [3.8, 4) is 5.75 Å². The minimum atomic E-state index is -1.04. The molecule has 1 saturated carbocycles. The number of carbonyl (C=O) groups excluding carboxylic acids is 1. The van der Waals surface area contributed by atoms with Gasteiger partial charge in [0.15, 0.2) is 0 Å². The van der Waals surface area contributed by atoms with Gasteiger partial charge in [0.2, 0.25) is 5.91 Å². The second kappa shape index (κ2) is 7.11. The summed E-state index contributed by atoms with van der Waals surface area (Å²) >= 11 is 0. The number of amides is 1. The van der Waals surface area contributed by atoms with E-state index in [1.165, 1.54) is 12.1 Å². The molecule has 0 saturated heterocycles. The Morgan fingerprint density at radius 2 is 1.81 bits per heavy atom. The number of phenols is 1. The molecule has 0 spiro atoms.